The molecule has 0 unspecified atom stereocenters. The molecule has 0 aliphatic carbocycles. The number of halogens is 1. The molecule has 0 saturated carbocycles. The number of nitrogens with zero attached hydrogens (tertiary/aromatic N) is 2. The van der Waals surface area contributed by atoms with Gasteiger partial charge in [-0.1, -0.05) is 20.8 Å². The maximum atomic E-state index is 13.2. The first-order valence-electron chi connectivity index (χ1n) is 7.70. The average molecular weight is 308 g/mol. The quantitative estimate of drug-likeness (QED) is 0.721. The molecule has 0 aromatic carbocycles. The third-order valence-electron chi connectivity index (χ3n) is 4.53. The minimum atomic E-state index is -1.70. The van der Waals surface area contributed by atoms with E-state index in [9.17, 15) is 4.39 Å². The molecular weight excluding hydrogens is 283 g/mol. The van der Waals surface area contributed by atoms with Crippen LogP contribution >= 0.6 is 0 Å². The van der Waals surface area contributed by atoms with E-state index in [-0.39, 0.29) is 5.60 Å². The van der Waals surface area contributed by atoms with Crippen molar-refractivity contribution in [2.45, 2.75) is 58.4 Å². The molecule has 116 valence electrons. The number of hydrogen-bond donors (Lipinski definition) is 0. The van der Waals surface area contributed by atoms with Crippen LogP contribution in [0, 0.1) is 5.95 Å². The molecule has 5 heteroatoms. The largest absolute Gasteiger partial charge is 0.408 e. The van der Waals surface area contributed by atoms with Gasteiger partial charge in [0.2, 0.25) is 5.95 Å². The summed E-state index contributed by atoms with van der Waals surface area (Å²) in [6, 6.07) is 7.26. The Morgan fingerprint density at radius 1 is 1.24 bits per heavy atom. The second kappa shape index (κ2) is 5.89. The Bertz CT molecular complexity index is 611. The van der Waals surface area contributed by atoms with Crippen LogP contribution in [0.2, 0.25) is 18.1 Å². The molecule has 2 aromatic heterocycles. The van der Waals surface area contributed by atoms with E-state index in [0.29, 0.717) is 5.65 Å². The summed E-state index contributed by atoms with van der Waals surface area (Å²) in [4.78, 5) is 3.90. The van der Waals surface area contributed by atoms with Crippen molar-refractivity contribution < 1.29 is 8.82 Å². The molecular formula is C16H25FN2OSi. The SMILES string of the molecule is CC[Si](CC)(CC)OC(C)(C)c1ccn2cc(F)nc2c1. The van der Waals surface area contributed by atoms with Crippen LogP contribution in [0.5, 0.6) is 0 Å². The number of rotatable bonds is 6. The van der Waals surface area contributed by atoms with Gasteiger partial charge in [0.25, 0.3) is 0 Å². The van der Waals surface area contributed by atoms with Crippen molar-refractivity contribution in [2.75, 3.05) is 0 Å². The first-order chi connectivity index (χ1) is 9.85. The molecule has 0 spiro atoms. The molecule has 2 heterocycles. The first kappa shape index (κ1) is 16.2. The molecule has 2 aromatic rings. The number of pyridine rings is 1. The van der Waals surface area contributed by atoms with E-state index in [4.69, 9.17) is 4.43 Å². The van der Waals surface area contributed by atoms with Gasteiger partial charge in [0, 0.05) is 6.20 Å². The second-order valence-corrected chi connectivity index (χ2v) is 10.8. The number of aromatic nitrogens is 2. The molecule has 3 nitrogen and oxygen atoms in total. The molecule has 0 amide bonds. The van der Waals surface area contributed by atoms with Crippen LogP contribution in [0.25, 0.3) is 5.65 Å². The maximum absolute atomic E-state index is 13.2. The summed E-state index contributed by atoms with van der Waals surface area (Å²) in [7, 11) is -1.70. The minimum absolute atomic E-state index is 0.377. The van der Waals surface area contributed by atoms with Gasteiger partial charge in [-0.05, 0) is 49.7 Å². The summed E-state index contributed by atoms with van der Waals surface area (Å²) in [5, 5.41) is 0. The van der Waals surface area contributed by atoms with Gasteiger partial charge in [-0.3, -0.25) is 0 Å². The monoisotopic (exact) mass is 308 g/mol. The fourth-order valence-corrected chi connectivity index (χ4v) is 6.03. The van der Waals surface area contributed by atoms with Crippen molar-refractivity contribution in [2.24, 2.45) is 0 Å². The lowest BCUT2D eigenvalue weighted by Gasteiger charge is -2.38. The van der Waals surface area contributed by atoms with Crippen LogP contribution in [0.3, 0.4) is 0 Å². The van der Waals surface area contributed by atoms with E-state index in [0.717, 1.165) is 23.7 Å². The highest BCUT2D eigenvalue weighted by atomic mass is 28.4. The molecule has 0 radical (unpaired) electrons. The van der Waals surface area contributed by atoms with Crippen molar-refractivity contribution in [3.8, 4) is 0 Å². The highest BCUT2D eigenvalue weighted by Crippen LogP contribution is 2.34. The predicted octanol–water partition coefficient (Wildman–Crippen LogP) is 4.73. The zero-order valence-electron chi connectivity index (χ0n) is 13.6. The lowest BCUT2D eigenvalue weighted by Crippen LogP contribution is -2.43. The fourth-order valence-electron chi connectivity index (χ4n) is 2.89. The van der Waals surface area contributed by atoms with Crippen LogP contribution in [-0.4, -0.2) is 17.7 Å². The van der Waals surface area contributed by atoms with Crippen LogP contribution in [-0.2, 0) is 10.0 Å². The van der Waals surface area contributed by atoms with Crippen LogP contribution in [0.1, 0.15) is 40.2 Å². The lowest BCUT2D eigenvalue weighted by atomic mass is 10.00. The van der Waals surface area contributed by atoms with Gasteiger partial charge < -0.3 is 8.83 Å². The van der Waals surface area contributed by atoms with E-state index in [2.05, 4.69) is 39.6 Å². The van der Waals surface area contributed by atoms with Crippen molar-refractivity contribution in [3.05, 3.63) is 36.0 Å². The van der Waals surface area contributed by atoms with Crippen molar-refractivity contribution in [3.63, 3.8) is 0 Å². The molecule has 0 aliphatic rings. The normalized spacial score (nSPS) is 13.0. The summed E-state index contributed by atoms with van der Waals surface area (Å²) in [6.07, 6.45) is 3.23. The highest BCUT2D eigenvalue weighted by Gasteiger charge is 2.36. The Morgan fingerprint density at radius 2 is 1.86 bits per heavy atom. The Kier molecular flexibility index (Phi) is 4.53. The average Bonchev–Trinajstić information content (AvgIpc) is 2.84. The summed E-state index contributed by atoms with van der Waals surface area (Å²) in [6.45, 7) is 10.9. The Hall–Kier alpha value is -1.20. The Morgan fingerprint density at radius 3 is 2.43 bits per heavy atom. The summed E-state index contributed by atoms with van der Waals surface area (Å²) in [5.74, 6) is -0.453. The van der Waals surface area contributed by atoms with Crippen LogP contribution < -0.4 is 0 Å². The molecule has 2 rings (SSSR count). The van der Waals surface area contributed by atoms with Crippen molar-refractivity contribution in [1.29, 1.82) is 0 Å². The van der Waals surface area contributed by atoms with Crippen LogP contribution in [0.4, 0.5) is 4.39 Å². The summed E-state index contributed by atoms with van der Waals surface area (Å²) < 4.78 is 21.5. The third-order valence-corrected chi connectivity index (χ3v) is 9.34. The molecule has 0 aliphatic heterocycles. The van der Waals surface area contributed by atoms with E-state index < -0.39 is 14.3 Å². The number of fused-ring (bicyclic) bond motifs is 1. The van der Waals surface area contributed by atoms with E-state index in [1.54, 1.807) is 4.40 Å². The van der Waals surface area contributed by atoms with Gasteiger partial charge in [0.15, 0.2) is 8.32 Å². The van der Waals surface area contributed by atoms with E-state index in [1.807, 2.05) is 18.3 Å². The summed E-state index contributed by atoms with van der Waals surface area (Å²) in [5.41, 5.74) is 1.30. The Balaban J connectivity index is 2.35. The highest BCUT2D eigenvalue weighted by molar-refractivity contribution is 6.73. The van der Waals surface area contributed by atoms with Gasteiger partial charge >= 0.3 is 0 Å². The Labute approximate surface area is 127 Å². The van der Waals surface area contributed by atoms with Gasteiger partial charge in [0.05, 0.1) is 11.8 Å². The minimum Gasteiger partial charge on any atom is -0.408 e. The molecule has 0 atom stereocenters. The zero-order chi connectivity index (χ0) is 15.7. The second-order valence-electron chi connectivity index (χ2n) is 6.10. The lowest BCUT2D eigenvalue weighted by molar-refractivity contribution is 0.0941. The smallest absolute Gasteiger partial charge is 0.231 e. The van der Waals surface area contributed by atoms with Crippen LogP contribution in [0.15, 0.2) is 24.5 Å². The van der Waals surface area contributed by atoms with Gasteiger partial charge in [-0.15, -0.1) is 0 Å². The molecule has 21 heavy (non-hydrogen) atoms. The van der Waals surface area contributed by atoms with Gasteiger partial charge in [0.1, 0.15) is 5.65 Å². The molecule has 0 saturated heterocycles. The van der Waals surface area contributed by atoms with Crippen molar-refractivity contribution in [1.82, 2.24) is 9.38 Å². The number of imidazole rings is 1. The predicted molar refractivity (Wildman–Crippen MR) is 86.5 cm³/mol. The third kappa shape index (κ3) is 3.19. The molecule has 0 N–H and O–H groups in total. The molecule has 0 bridgehead atoms. The van der Waals surface area contributed by atoms with E-state index >= 15 is 0 Å². The zero-order valence-corrected chi connectivity index (χ0v) is 14.6. The summed E-state index contributed by atoms with van der Waals surface area (Å²) >= 11 is 0. The first-order valence-corrected chi connectivity index (χ1v) is 10.2. The van der Waals surface area contributed by atoms with E-state index in [1.165, 1.54) is 6.20 Å². The maximum Gasteiger partial charge on any atom is 0.231 e. The fraction of sp³-hybridized carbons (Fsp3) is 0.562. The standard InChI is InChI=1S/C16H25FN2OSi/c1-6-21(7-2,8-3)20-16(4,5)13-9-10-19-12-14(17)18-15(19)11-13/h9-12H,6-8H2,1-5H3. The van der Waals surface area contributed by atoms with Crippen molar-refractivity contribution >= 4 is 14.0 Å². The van der Waals surface area contributed by atoms with Gasteiger partial charge in [-0.25, -0.2) is 4.98 Å². The number of hydrogen-bond acceptors (Lipinski definition) is 2. The topological polar surface area (TPSA) is 26.5 Å². The van der Waals surface area contributed by atoms with Gasteiger partial charge in [-0.2, -0.15) is 4.39 Å². The molecule has 0 fully saturated rings.